The van der Waals surface area contributed by atoms with E-state index in [0.29, 0.717) is 12.0 Å². The number of carboxylic acid groups (broad SMARTS) is 1. The van der Waals surface area contributed by atoms with Crippen LogP contribution in [0, 0.1) is 5.41 Å². The van der Waals surface area contributed by atoms with Gasteiger partial charge in [-0.25, -0.2) is 0 Å². The third-order valence-corrected chi connectivity index (χ3v) is 2.75. The molecule has 1 aromatic carbocycles. The van der Waals surface area contributed by atoms with Crippen molar-refractivity contribution in [2.75, 3.05) is 0 Å². The molecule has 0 aliphatic rings. The number of halogens is 1. The van der Waals surface area contributed by atoms with Gasteiger partial charge in [0.05, 0.1) is 5.41 Å². The summed E-state index contributed by atoms with van der Waals surface area (Å²) in [5.74, 6) is -0.747. The van der Waals surface area contributed by atoms with E-state index in [1.807, 2.05) is 0 Å². The van der Waals surface area contributed by atoms with Gasteiger partial charge in [0.1, 0.15) is 5.75 Å². The van der Waals surface area contributed by atoms with Gasteiger partial charge in [-0.1, -0.05) is 22.0 Å². The second kappa shape index (κ2) is 4.23. The van der Waals surface area contributed by atoms with Gasteiger partial charge in [0.2, 0.25) is 0 Å². The molecule has 0 fully saturated rings. The molecule has 15 heavy (non-hydrogen) atoms. The maximum absolute atomic E-state index is 10.9. The van der Waals surface area contributed by atoms with Crippen LogP contribution in [0.15, 0.2) is 22.7 Å². The van der Waals surface area contributed by atoms with Crippen LogP contribution < -0.4 is 0 Å². The van der Waals surface area contributed by atoms with Crippen molar-refractivity contribution in [2.45, 2.75) is 20.3 Å². The Hall–Kier alpha value is -1.03. The van der Waals surface area contributed by atoms with Crippen molar-refractivity contribution in [2.24, 2.45) is 5.41 Å². The Morgan fingerprint density at radius 2 is 2.07 bits per heavy atom. The average molecular weight is 273 g/mol. The predicted octanol–water partition coefficient (Wildman–Crippen LogP) is 2.81. The third-order valence-electron chi connectivity index (χ3n) is 2.26. The monoisotopic (exact) mass is 272 g/mol. The van der Waals surface area contributed by atoms with E-state index in [1.165, 1.54) is 0 Å². The maximum Gasteiger partial charge on any atom is 0.309 e. The number of carboxylic acids is 1. The van der Waals surface area contributed by atoms with Crippen molar-refractivity contribution in [1.82, 2.24) is 0 Å². The fourth-order valence-corrected chi connectivity index (χ4v) is 1.59. The molecule has 0 aliphatic heterocycles. The first-order valence-electron chi connectivity index (χ1n) is 4.54. The lowest BCUT2D eigenvalue weighted by Gasteiger charge is -2.19. The summed E-state index contributed by atoms with van der Waals surface area (Å²) in [4.78, 5) is 10.9. The number of hydrogen-bond acceptors (Lipinski definition) is 2. The number of phenols is 1. The number of aromatic hydroxyl groups is 1. The third kappa shape index (κ3) is 2.96. The lowest BCUT2D eigenvalue weighted by molar-refractivity contribution is -0.146. The first-order chi connectivity index (χ1) is 6.83. The van der Waals surface area contributed by atoms with Gasteiger partial charge in [-0.3, -0.25) is 4.79 Å². The Balaban J connectivity index is 2.95. The summed E-state index contributed by atoms with van der Waals surface area (Å²) >= 11 is 3.23. The number of phenolic OH excluding ortho intramolecular Hbond substituents is 1. The van der Waals surface area contributed by atoms with E-state index in [1.54, 1.807) is 32.0 Å². The first-order valence-corrected chi connectivity index (χ1v) is 5.33. The first kappa shape index (κ1) is 12.0. The molecule has 0 aliphatic carbocycles. The van der Waals surface area contributed by atoms with Crippen molar-refractivity contribution >= 4 is 21.9 Å². The quantitative estimate of drug-likeness (QED) is 0.890. The number of hydrogen-bond donors (Lipinski definition) is 2. The highest BCUT2D eigenvalue weighted by Crippen LogP contribution is 2.29. The molecule has 0 saturated heterocycles. The van der Waals surface area contributed by atoms with E-state index in [2.05, 4.69) is 15.9 Å². The molecule has 0 spiro atoms. The minimum Gasteiger partial charge on any atom is -0.508 e. The van der Waals surface area contributed by atoms with Gasteiger partial charge in [-0.05, 0) is 38.0 Å². The van der Waals surface area contributed by atoms with Gasteiger partial charge in [0.15, 0.2) is 0 Å². The predicted molar refractivity (Wildman–Crippen MR) is 60.9 cm³/mol. The molecule has 0 heterocycles. The van der Waals surface area contributed by atoms with E-state index in [-0.39, 0.29) is 5.75 Å². The number of carbonyl (C=O) groups is 1. The molecule has 0 unspecified atom stereocenters. The SMILES string of the molecule is CC(C)(Cc1ccc(Br)cc1O)C(=O)O. The summed E-state index contributed by atoms with van der Waals surface area (Å²) in [6.07, 6.45) is 0.307. The minimum atomic E-state index is -0.871. The molecule has 1 rings (SSSR count). The van der Waals surface area contributed by atoms with Crippen LogP contribution in [0.5, 0.6) is 5.75 Å². The largest absolute Gasteiger partial charge is 0.508 e. The molecule has 0 amide bonds. The van der Waals surface area contributed by atoms with Gasteiger partial charge >= 0.3 is 5.97 Å². The van der Waals surface area contributed by atoms with Crippen LogP contribution >= 0.6 is 15.9 Å². The van der Waals surface area contributed by atoms with Crippen molar-refractivity contribution in [3.05, 3.63) is 28.2 Å². The van der Waals surface area contributed by atoms with Crippen LogP contribution in [0.2, 0.25) is 0 Å². The van der Waals surface area contributed by atoms with Gasteiger partial charge in [-0.2, -0.15) is 0 Å². The summed E-state index contributed by atoms with van der Waals surface area (Å²) in [7, 11) is 0. The Morgan fingerprint density at radius 1 is 1.47 bits per heavy atom. The molecule has 0 bridgehead atoms. The van der Waals surface area contributed by atoms with Crippen LogP contribution in [-0.4, -0.2) is 16.2 Å². The smallest absolute Gasteiger partial charge is 0.309 e. The van der Waals surface area contributed by atoms with E-state index in [0.717, 1.165) is 4.47 Å². The fraction of sp³-hybridized carbons (Fsp3) is 0.364. The molecule has 0 aromatic heterocycles. The molecular formula is C11H13BrO3. The van der Waals surface area contributed by atoms with E-state index in [4.69, 9.17) is 5.11 Å². The molecule has 0 atom stereocenters. The van der Waals surface area contributed by atoms with E-state index in [9.17, 15) is 9.90 Å². The van der Waals surface area contributed by atoms with Gasteiger partial charge < -0.3 is 10.2 Å². The van der Waals surface area contributed by atoms with Crippen LogP contribution in [-0.2, 0) is 11.2 Å². The molecule has 3 nitrogen and oxygen atoms in total. The molecule has 1 aromatic rings. The zero-order valence-electron chi connectivity index (χ0n) is 8.62. The topological polar surface area (TPSA) is 57.5 Å². The summed E-state index contributed by atoms with van der Waals surface area (Å²) in [6.45, 7) is 3.27. The normalized spacial score (nSPS) is 11.4. The highest BCUT2D eigenvalue weighted by Gasteiger charge is 2.28. The molecular weight excluding hydrogens is 260 g/mol. The minimum absolute atomic E-state index is 0.124. The molecule has 0 radical (unpaired) electrons. The lowest BCUT2D eigenvalue weighted by atomic mass is 9.86. The Kier molecular flexibility index (Phi) is 3.39. The zero-order valence-corrected chi connectivity index (χ0v) is 10.2. The van der Waals surface area contributed by atoms with E-state index >= 15 is 0 Å². The Bertz CT molecular complexity index is 385. The number of aliphatic carboxylic acids is 1. The number of rotatable bonds is 3. The molecule has 0 saturated carbocycles. The van der Waals surface area contributed by atoms with Gasteiger partial charge in [0.25, 0.3) is 0 Å². The van der Waals surface area contributed by atoms with Crippen molar-refractivity contribution in [3.63, 3.8) is 0 Å². The standard InChI is InChI=1S/C11H13BrO3/c1-11(2,10(14)15)6-7-3-4-8(12)5-9(7)13/h3-5,13H,6H2,1-2H3,(H,14,15). The Morgan fingerprint density at radius 3 is 2.53 bits per heavy atom. The summed E-state index contributed by atoms with van der Waals surface area (Å²) < 4.78 is 0.775. The molecule has 2 N–H and O–H groups in total. The van der Waals surface area contributed by atoms with Crippen molar-refractivity contribution in [1.29, 1.82) is 0 Å². The second-order valence-corrected chi connectivity index (χ2v) is 5.05. The van der Waals surface area contributed by atoms with Crippen LogP contribution in [0.4, 0.5) is 0 Å². The van der Waals surface area contributed by atoms with Gasteiger partial charge in [0, 0.05) is 4.47 Å². The Labute approximate surface area is 96.9 Å². The summed E-state index contributed by atoms with van der Waals surface area (Å²) in [5.41, 5.74) is -0.226. The average Bonchev–Trinajstić information content (AvgIpc) is 2.09. The molecule has 82 valence electrons. The van der Waals surface area contributed by atoms with Crippen LogP contribution in [0.1, 0.15) is 19.4 Å². The maximum atomic E-state index is 10.9. The summed E-state index contributed by atoms with van der Waals surface area (Å²) in [6, 6.07) is 5.07. The van der Waals surface area contributed by atoms with Gasteiger partial charge in [-0.15, -0.1) is 0 Å². The van der Waals surface area contributed by atoms with Crippen LogP contribution in [0.3, 0.4) is 0 Å². The highest BCUT2D eigenvalue weighted by atomic mass is 79.9. The summed E-state index contributed by atoms with van der Waals surface area (Å²) in [5, 5.41) is 18.6. The van der Waals surface area contributed by atoms with Crippen molar-refractivity contribution < 1.29 is 15.0 Å². The number of benzene rings is 1. The second-order valence-electron chi connectivity index (χ2n) is 4.14. The lowest BCUT2D eigenvalue weighted by Crippen LogP contribution is -2.26. The zero-order chi connectivity index (χ0) is 11.6. The van der Waals surface area contributed by atoms with E-state index < -0.39 is 11.4 Å². The molecule has 4 heteroatoms. The highest BCUT2D eigenvalue weighted by molar-refractivity contribution is 9.10. The van der Waals surface area contributed by atoms with Crippen molar-refractivity contribution in [3.8, 4) is 5.75 Å². The fourth-order valence-electron chi connectivity index (χ4n) is 1.24. The van der Waals surface area contributed by atoms with Crippen LogP contribution in [0.25, 0.3) is 0 Å².